The molecule has 0 spiro atoms. The summed E-state index contributed by atoms with van der Waals surface area (Å²) in [6, 6.07) is 7.09. The van der Waals surface area contributed by atoms with Crippen LogP contribution >= 0.6 is 0 Å². The first-order valence-electron chi connectivity index (χ1n) is 10.6. The Morgan fingerprint density at radius 3 is 2.43 bits per heavy atom. The molecular weight excluding hydrogens is 382 g/mol. The Kier molecular flexibility index (Phi) is 4.34. The summed E-state index contributed by atoms with van der Waals surface area (Å²) in [5.41, 5.74) is 0.585. The number of nitrogens with zero attached hydrogens (tertiary/aromatic N) is 3. The Balaban J connectivity index is 1.32. The minimum Gasteiger partial charge on any atom is -0.391 e. The Hall–Kier alpha value is -2.90. The van der Waals surface area contributed by atoms with E-state index in [0.29, 0.717) is 23.4 Å². The molecule has 158 valence electrons. The van der Waals surface area contributed by atoms with Gasteiger partial charge in [0, 0.05) is 36.1 Å². The van der Waals surface area contributed by atoms with Gasteiger partial charge in [-0.25, -0.2) is 9.78 Å². The molecule has 8 nitrogen and oxygen atoms in total. The van der Waals surface area contributed by atoms with Crippen LogP contribution in [0.15, 0.2) is 30.5 Å². The summed E-state index contributed by atoms with van der Waals surface area (Å²) in [5.74, 6) is 1.15. The van der Waals surface area contributed by atoms with Crippen LogP contribution in [-0.2, 0) is 7.05 Å². The maximum absolute atomic E-state index is 12.8. The largest absolute Gasteiger partial charge is 0.414 e. The first kappa shape index (κ1) is 19.1. The van der Waals surface area contributed by atoms with Gasteiger partial charge in [-0.1, -0.05) is 6.07 Å². The molecule has 2 N–H and O–H groups in total. The maximum Gasteiger partial charge on any atom is 0.414 e. The van der Waals surface area contributed by atoms with Crippen molar-refractivity contribution in [3.63, 3.8) is 0 Å². The van der Waals surface area contributed by atoms with Gasteiger partial charge in [-0.2, -0.15) is 5.10 Å². The minimum absolute atomic E-state index is 0.140. The molecular formula is C22H27N5O3. The van der Waals surface area contributed by atoms with E-state index in [1.165, 1.54) is 6.42 Å². The highest BCUT2D eigenvalue weighted by atomic mass is 16.6. The predicted molar refractivity (Wildman–Crippen MR) is 109 cm³/mol. The van der Waals surface area contributed by atoms with Gasteiger partial charge in [-0.05, 0) is 69.4 Å². The zero-order valence-electron chi connectivity index (χ0n) is 17.4. The summed E-state index contributed by atoms with van der Waals surface area (Å²) >= 11 is 0. The molecule has 6 rings (SSSR count). The van der Waals surface area contributed by atoms with Gasteiger partial charge in [0.25, 0.3) is 5.91 Å². The zero-order valence-corrected chi connectivity index (χ0v) is 17.4. The fraction of sp³-hybridized carbons (Fsp3) is 0.545. The molecule has 0 radical (unpaired) electrons. The summed E-state index contributed by atoms with van der Waals surface area (Å²) < 4.78 is 7.09. The standard InChI is InChI=1S/C22H27N5O3/c1-14-4-3-5-18(23-14)30-20(29)25-22-11-15-8-16(12-22)10-21(9-15,13-22)24-19(28)17-6-7-27(2)26-17/h3-7,15-16H,8-13H2,1-2H3,(H,24,28)(H,25,29). The molecule has 4 bridgehead atoms. The van der Waals surface area contributed by atoms with Crippen molar-refractivity contribution in [3.05, 3.63) is 41.9 Å². The van der Waals surface area contributed by atoms with E-state index >= 15 is 0 Å². The van der Waals surface area contributed by atoms with E-state index in [1.807, 2.05) is 19.1 Å². The third kappa shape index (κ3) is 3.55. The average Bonchev–Trinajstić information content (AvgIpc) is 3.06. The number of rotatable bonds is 4. The molecule has 2 unspecified atom stereocenters. The van der Waals surface area contributed by atoms with Crippen LogP contribution in [0.3, 0.4) is 0 Å². The van der Waals surface area contributed by atoms with Crippen molar-refractivity contribution in [2.75, 3.05) is 0 Å². The van der Waals surface area contributed by atoms with E-state index in [2.05, 4.69) is 20.7 Å². The molecule has 30 heavy (non-hydrogen) atoms. The van der Waals surface area contributed by atoms with E-state index in [4.69, 9.17) is 4.74 Å². The highest BCUT2D eigenvalue weighted by molar-refractivity contribution is 5.92. The van der Waals surface area contributed by atoms with Gasteiger partial charge in [-0.15, -0.1) is 0 Å². The Bertz CT molecular complexity index is 986. The molecule has 2 heterocycles. The number of pyridine rings is 1. The fourth-order valence-electron chi connectivity index (χ4n) is 6.31. The number of aryl methyl sites for hydroxylation is 2. The molecule has 4 fully saturated rings. The van der Waals surface area contributed by atoms with Crippen molar-refractivity contribution in [2.45, 2.75) is 56.5 Å². The smallest absolute Gasteiger partial charge is 0.391 e. The van der Waals surface area contributed by atoms with E-state index < -0.39 is 6.09 Å². The Labute approximate surface area is 175 Å². The van der Waals surface area contributed by atoms with Gasteiger partial charge < -0.3 is 15.4 Å². The molecule has 2 atom stereocenters. The predicted octanol–water partition coefficient (Wildman–Crippen LogP) is 2.73. The second-order valence-corrected chi connectivity index (χ2v) is 9.48. The van der Waals surface area contributed by atoms with Crippen molar-refractivity contribution in [1.29, 1.82) is 0 Å². The molecule has 0 aliphatic heterocycles. The lowest BCUT2D eigenvalue weighted by Crippen LogP contribution is -2.70. The van der Waals surface area contributed by atoms with Crippen molar-refractivity contribution in [3.8, 4) is 5.88 Å². The van der Waals surface area contributed by atoms with E-state index in [1.54, 1.807) is 30.1 Å². The molecule has 0 saturated heterocycles. The van der Waals surface area contributed by atoms with Crippen LogP contribution in [0.5, 0.6) is 5.88 Å². The lowest BCUT2D eigenvalue weighted by Gasteiger charge is -2.61. The Morgan fingerprint density at radius 2 is 1.80 bits per heavy atom. The Morgan fingerprint density at radius 1 is 1.10 bits per heavy atom. The van der Waals surface area contributed by atoms with Crippen LogP contribution in [0.2, 0.25) is 0 Å². The van der Waals surface area contributed by atoms with Crippen LogP contribution in [-0.4, -0.2) is 37.8 Å². The molecule has 0 aromatic carbocycles. The molecule has 2 aromatic heterocycles. The number of amides is 2. The van der Waals surface area contributed by atoms with Gasteiger partial charge in [0.1, 0.15) is 5.69 Å². The lowest BCUT2D eigenvalue weighted by atomic mass is 9.50. The summed E-state index contributed by atoms with van der Waals surface area (Å²) in [6.45, 7) is 1.86. The van der Waals surface area contributed by atoms with Crippen molar-refractivity contribution in [2.24, 2.45) is 18.9 Å². The third-order valence-electron chi connectivity index (χ3n) is 6.81. The van der Waals surface area contributed by atoms with Crippen molar-refractivity contribution < 1.29 is 14.3 Å². The number of nitrogens with one attached hydrogen (secondary N) is 2. The fourth-order valence-corrected chi connectivity index (χ4v) is 6.31. The second-order valence-electron chi connectivity index (χ2n) is 9.48. The summed E-state index contributed by atoms with van der Waals surface area (Å²) in [4.78, 5) is 29.8. The van der Waals surface area contributed by atoms with E-state index in [-0.39, 0.29) is 17.0 Å². The van der Waals surface area contributed by atoms with Gasteiger partial charge >= 0.3 is 6.09 Å². The van der Waals surface area contributed by atoms with Crippen LogP contribution < -0.4 is 15.4 Å². The van der Waals surface area contributed by atoms with Crippen molar-refractivity contribution in [1.82, 2.24) is 25.4 Å². The first-order valence-corrected chi connectivity index (χ1v) is 10.6. The van der Waals surface area contributed by atoms with Gasteiger partial charge in [0.05, 0.1) is 0 Å². The highest BCUT2D eigenvalue weighted by Crippen LogP contribution is 2.57. The van der Waals surface area contributed by atoms with Crippen LogP contribution in [0, 0.1) is 18.8 Å². The number of carbonyl (C=O) groups is 2. The van der Waals surface area contributed by atoms with Gasteiger partial charge in [0.2, 0.25) is 5.88 Å². The van der Waals surface area contributed by atoms with Crippen molar-refractivity contribution >= 4 is 12.0 Å². The lowest BCUT2D eigenvalue weighted by molar-refractivity contribution is -0.0450. The molecule has 8 heteroatoms. The van der Waals surface area contributed by atoms with Gasteiger partial charge in [0.15, 0.2) is 0 Å². The number of hydrogen-bond donors (Lipinski definition) is 2. The SMILES string of the molecule is Cc1cccc(OC(=O)NC23CC4CC(C2)CC(NC(=O)c2ccn(C)n2)(C4)C3)n1. The summed E-state index contributed by atoms with van der Waals surface area (Å²) in [7, 11) is 1.80. The molecule has 4 aliphatic carbocycles. The molecule has 2 aromatic rings. The third-order valence-corrected chi connectivity index (χ3v) is 6.81. The van der Waals surface area contributed by atoms with Gasteiger partial charge in [-0.3, -0.25) is 9.48 Å². The normalized spacial score (nSPS) is 31.4. The monoisotopic (exact) mass is 409 g/mol. The molecule has 4 aliphatic rings. The second kappa shape index (κ2) is 6.82. The molecule has 2 amide bonds. The van der Waals surface area contributed by atoms with Crippen LogP contribution in [0.4, 0.5) is 4.79 Å². The summed E-state index contributed by atoms with van der Waals surface area (Å²) in [6.07, 6.45) is 6.97. The number of carbonyl (C=O) groups excluding carboxylic acids is 2. The zero-order chi connectivity index (χ0) is 20.9. The topological polar surface area (TPSA) is 98.1 Å². The average molecular weight is 409 g/mol. The summed E-state index contributed by atoms with van der Waals surface area (Å²) in [5, 5.41) is 10.7. The van der Waals surface area contributed by atoms with Crippen LogP contribution in [0.25, 0.3) is 0 Å². The number of ether oxygens (including phenoxy) is 1. The maximum atomic E-state index is 12.8. The van der Waals surface area contributed by atoms with E-state index in [0.717, 1.165) is 37.8 Å². The van der Waals surface area contributed by atoms with E-state index in [9.17, 15) is 9.59 Å². The number of hydrogen-bond acceptors (Lipinski definition) is 5. The minimum atomic E-state index is -0.471. The quantitative estimate of drug-likeness (QED) is 0.809. The molecule has 4 saturated carbocycles. The van der Waals surface area contributed by atoms with Crippen LogP contribution in [0.1, 0.15) is 54.7 Å². The number of aromatic nitrogens is 3. The first-order chi connectivity index (χ1) is 14.3. The highest BCUT2D eigenvalue weighted by Gasteiger charge is 2.59.